The minimum Gasteiger partial charge on any atom is -0.462 e. The highest BCUT2D eigenvalue weighted by molar-refractivity contribution is 7.87. The lowest BCUT2D eigenvalue weighted by Crippen LogP contribution is -2.18. The van der Waals surface area contributed by atoms with Crippen LogP contribution in [0.2, 0.25) is 0 Å². The number of nitrogens with zero attached hydrogens (tertiary/aromatic N) is 1. The number of benzene rings is 4. The molecule has 0 saturated heterocycles. The number of hydrogen-bond donors (Lipinski definition) is 1. The molecule has 8 heteroatoms. The largest absolute Gasteiger partial charge is 0.462 e. The molecule has 0 unspecified atom stereocenters. The van der Waals surface area contributed by atoms with E-state index in [0.717, 1.165) is 22.3 Å². The van der Waals surface area contributed by atoms with Crippen molar-refractivity contribution in [2.24, 2.45) is 0 Å². The van der Waals surface area contributed by atoms with Crippen molar-refractivity contribution in [3.63, 3.8) is 0 Å². The van der Waals surface area contributed by atoms with Crippen molar-refractivity contribution in [3.8, 4) is 11.4 Å². The number of nitrogens with one attached hydrogen (secondary N) is 1. The van der Waals surface area contributed by atoms with Gasteiger partial charge in [0.15, 0.2) is 0 Å². The van der Waals surface area contributed by atoms with E-state index in [1.54, 1.807) is 37.3 Å². The van der Waals surface area contributed by atoms with Crippen LogP contribution in [0.15, 0.2) is 108 Å². The molecule has 0 amide bonds. The average Bonchev–Trinajstić information content (AvgIpc) is 3.27. The molecule has 0 atom stereocenters. The van der Waals surface area contributed by atoms with Crippen LogP contribution in [0, 0.1) is 6.92 Å². The molecule has 0 bridgehead atoms. The van der Waals surface area contributed by atoms with Crippen molar-refractivity contribution in [2.75, 3.05) is 6.61 Å². The van der Waals surface area contributed by atoms with Gasteiger partial charge in [-0.2, -0.15) is 8.42 Å². The fourth-order valence-electron chi connectivity index (χ4n) is 4.65. The van der Waals surface area contributed by atoms with Crippen LogP contribution in [0.1, 0.15) is 34.1 Å². The molecule has 7 nitrogen and oxygen atoms in total. The van der Waals surface area contributed by atoms with Crippen molar-refractivity contribution in [1.82, 2.24) is 9.88 Å². The van der Waals surface area contributed by atoms with Crippen LogP contribution < -0.4 is 9.50 Å². The summed E-state index contributed by atoms with van der Waals surface area (Å²) in [5, 5.41) is 3.99. The molecule has 1 aromatic heterocycles. The summed E-state index contributed by atoms with van der Waals surface area (Å²) in [6, 6.07) is 31.1. The van der Waals surface area contributed by atoms with Gasteiger partial charge in [-0.1, -0.05) is 66.2 Å². The van der Waals surface area contributed by atoms with Crippen molar-refractivity contribution in [1.29, 1.82) is 0 Å². The number of carbonyl (C=O) groups excluding carboxylic acids is 1. The maximum atomic E-state index is 13.4. The molecule has 204 valence electrons. The fraction of sp³-hybridized carbons (Fsp3) is 0.156. The van der Waals surface area contributed by atoms with Gasteiger partial charge in [0.25, 0.3) is 0 Å². The summed E-state index contributed by atoms with van der Waals surface area (Å²) in [5.74, 6) is -0.384. The van der Waals surface area contributed by atoms with Gasteiger partial charge < -0.3 is 18.8 Å². The van der Waals surface area contributed by atoms with Gasteiger partial charge in [0.05, 0.1) is 23.4 Å². The van der Waals surface area contributed by atoms with E-state index in [4.69, 9.17) is 8.92 Å². The first-order valence-corrected chi connectivity index (χ1v) is 14.4. The Kier molecular flexibility index (Phi) is 8.00. The van der Waals surface area contributed by atoms with Crippen LogP contribution in [0.4, 0.5) is 0 Å². The molecule has 5 rings (SSSR count). The zero-order valence-corrected chi connectivity index (χ0v) is 23.1. The van der Waals surface area contributed by atoms with Gasteiger partial charge >= 0.3 is 16.1 Å². The van der Waals surface area contributed by atoms with Crippen LogP contribution in [0.3, 0.4) is 0 Å². The van der Waals surface area contributed by atoms with Gasteiger partial charge in [0.1, 0.15) is 10.6 Å². The molecule has 4 aromatic carbocycles. The molecule has 0 aliphatic rings. The highest BCUT2D eigenvalue weighted by Crippen LogP contribution is 2.34. The first kappa shape index (κ1) is 27.2. The van der Waals surface area contributed by atoms with E-state index in [1.165, 1.54) is 12.1 Å². The fourth-order valence-corrected chi connectivity index (χ4v) is 5.57. The Bertz CT molecular complexity index is 1730. The predicted octanol–water partition coefficient (Wildman–Crippen LogP) is 6.17. The van der Waals surface area contributed by atoms with Crippen LogP contribution >= 0.6 is 0 Å². The molecule has 1 N–H and O–H groups in total. The van der Waals surface area contributed by atoms with Gasteiger partial charge in [-0.05, 0) is 61.9 Å². The minimum absolute atomic E-state index is 0.0523. The molecule has 0 saturated carbocycles. The maximum absolute atomic E-state index is 13.4. The third-order valence-corrected chi connectivity index (χ3v) is 7.77. The molecule has 0 spiro atoms. The first-order chi connectivity index (χ1) is 19.4. The zero-order valence-electron chi connectivity index (χ0n) is 22.3. The topological polar surface area (TPSA) is 86.6 Å². The summed E-state index contributed by atoms with van der Waals surface area (Å²) in [5.41, 5.74) is 4.70. The predicted molar refractivity (Wildman–Crippen MR) is 155 cm³/mol. The maximum Gasteiger partial charge on any atom is 0.340 e. The third kappa shape index (κ3) is 5.78. The third-order valence-electron chi connectivity index (χ3n) is 6.51. The highest BCUT2D eigenvalue weighted by Gasteiger charge is 2.26. The number of fused-ring (bicyclic) bond motifs is 1. The Morgan fingerprint density at radius 3 is 2.20 bits per heavy atom. The Balaban J connectivity index is 1.61. The summed E-state index contributed by atoms with van der Waals surface area (Å²) in [6.45, 7) is 4.80. The molecule has 0 fully saturated rings. The van der Waals surface area contributed by atoms with Crippen LogP contribution in [0.5, 0.6) is 5.75 Å². The second-order valence-corrected chi connectivity index (χ2v) is 10.9. The van der Waals surface area contributed by atoms with E-state index in [1.807, 2.05) is 72.2 Å². The minimum atomic E-state index is -4.08. The summed E-state index contributed by atoms with van der Waals surface area (Å²) >= 11 is 0. The molecular formula is C32H30N2O5S. The van der Waals surface area contributed by atoms with E-state index in [-0.39, 0.29) is 17.3 Å². The van der Waals surface area contributed by atoms with Crippen molar-refractivity contribution in [2.45, 2.75) is 31.8 Å². The number of esters is 1. The zero-order chi connectivity index (χ0) is 28.1. The standard InChI is InChI=1S/C32H30N2O5S/c1-3-38-32(35)31-28-20-26(39-40(36,37)27-17-14-23(2)15-18-27)16-19-29(28)34(25-12-8-5-9-13-25)30(31)22-33-21-24-10-6-4-7-11-24/h4-20,33H,3,21-22H2,1-2H3. The van der Waals surface area contributed by atoms with Crippen molar-refractivity contribution >= 4 is 27.0 Å². The van der Waals surface area contributed by atoms with Crippen LogP contribution in [0.25, 0.3) is 16.6 Å². The Hall–Kier alpha value is -4.40. The number of aryl methyl sites for hydroxylation is 1. The summed E-state index contributed by atoms with van der Waals surface area (Å²) in [7, 11) is -4.08. The van der Waals surface area contributed by atoms with E-state index in [0.29, 0.717) is 29.7 Å². The van der Waals surface area contributed by atoms with Crippen molar-refractivity contribution in [3.05, 3.63) is 126 Å². The average molecular weight is 555 g/mol. The molecule has 40 heavy (non-hydrogen) atoms. The quantitative estimate of drug-likeness (QED) is 0.164. The second-order valence-electron chi connectivity index (χ2n) is 9.33. The molecule has 0 radical (unpaired) electrons. The monoisotopic (exact) mass is 554 g/mol. The number of aromatic nitrogens is 1. The van der Waals surface area contributed by atoms with Gasteiger partial charge in [-0.3, -0.25) is 0 Å². The molecule has 0 aliphatic heterocycles. The Morgan fingerprint density at radius 1 is 0.850 bits per heavy atom. The van der Waals surface area contributed by atoms with Gasteiger partial charge in [0, 0.05) is 24.2 Å². The second kappa shape index (κ2) is 11.8. The molecule has 0 aliphatic carbocycles. The van der Waals surface area contributed by atoms with Gasteiger partial charge in [0.2, 0.25) is 0 Å². The smallest absolute Gasteiger partial charge is 0.340 e. The summed E-state index contributed by atoms with van der Waals surface area (Å²) in [4.78, 5) is 13.4. The van der Waals surface area contributed by atoms with Gasteiger partial charge in [-0.15, -0.1) is 0 Å². The lowest BCUT2D eigenvalue weighted by atomic mass is 10.1. The lowest BCUT2D eigenvalue weighted by Gasteiger charge is -2.13. The molecule has 1 heterocycles. The molecule has 5 aromatic rings. The van der Waals surface area contributed by atoms with Gasteiger partial charge in [-0.25, -0.2) is 4.79 Å². The highest BCUT2D eigenvalue weighted by atomic mass is 32.2. The number of hydrogen-bond acceptors (Lipinski definition) is 6. The number of para-hydroxylation sites is 1. The normalized spacial score (nSPS) is 11.4. The number of rotatable bonds is 10. The van der Waals surface area contributed by atoms with E-state index < -0.39 is 16.1 Å². The van der Waals surface area contributed by atoms with E-state index >= 15 is 0 Å². The Labute approximate surface area is 234 Å². The van der Waals surface area contributed by atoms with Crippen molar-refractivity contribution < 1.29 is 22.1 Å². The summed E-state index contributed by atoms with van der Waals surface area (Å²) < 4.78 is 39.0. The lowest BCUT2D eigenvalue weighted by molar-refractivity contribution is 0.0527. The Morgan fingerprint density at radius 2 is 1.52 bits per heavy atom. The number of carbonyl (C=O) groups is 1. The van der Waals surface area contributed by atoms with E-state index in [9.17, 15) is 13.2 Å². The van der Waals surface area contributed by atoms with Crippen LogP contribution in [-0.4, -0.2) is 25.6 Å². The molecular weight excluding hydrogens is 524 g/mol. The first-order valence-electron chi connectivity index (χ1n) is 13.0. The van der Waals surface area contributed by atoms with E-state index in [2.05, 4.69) is 5.32 Å². The SMILES string of the molecule is CCOC(=O)c1c(CNCc2ccccc2)n(-c2ccccc2)c2ccc(OS(=O)(=O)c3ccc(C)cc3)cc12. The summed E-state index contributed by atoms with van der Waals surface area (Å²) in [6.07, 6.45) is 0. The number of ether oxygens (including phenoxy) is 1. The van der Waals surface area contributed by atoms with Crippen LogP contribution in [-0.2, 0) is 27.9 Å².